The van der Waals surface area contributed by atoms with Crippen molar-refractivity contribution >= 4 is 22.6 Å². The summed E-state index contributed by atoms with van der Waals surface area (Å²) < 4.78 is 17.2. The van der Waals surface area contributed by atoms with Gasteiger partial charge in [0.1, 0.15) is 29.4 Å². The van der Waals surface area contributed by atoms with Crippen LogP contribution >= 0.6 is 0 Å². The van der Waals surface area contributed by atoms with E-state index >= 15 is 0 Å². The summed E-state index contributed by atoms with van der Waals surface area (Å²) in [6, 6.07) is 22.2. The van der Waals surface area contributed by atoms with Gasteiger partial charge in [-0.1, -0.05) is 24.8 Å². The molecule has 1 heterocycles. The highest BCUT2D eigenvalue weighted by molar-refractivity contribution is 6.16. The summed E-state index contributed by atoms with van der Waals surface area (Å²) in [5, 5.41) is 3.64. The van der Waals surface area contributed by atoms with Crippen molar-refractivity contribution in [1.82, 2.24) is 0 Å². The average Bonchev–Trinajstić information content (AvgIpc) is 3.17. The fraction of sp³-hybridized carbons (Fsp3) is 0.115. The standard InChI is InChI=1S/C26H23NO4/c1-17(2)16-30-21-13-14-23-22(15-21)24(26(28)27-19-7-5-4-6-8-19)25(31-23)18-9-11-20(29-3)12-10-18/h4-15H,1,16H2,2-3H3,(H,27,28). The molecule has 31 heavy (non-hydrogen) atoms. The number of anilines is 1. The zero-order valence-corrected chi connectivity index (χ0v) is 17.5. The van der Waals surface area contributed by atoms with Crippen molar-refractivity contribution in [2.24, 2.45) is 0 Å². The average molecular weight is 413 g/mol. The van der Waals surface area contributed by atoms with E-state index in [1.165, 1.54) is 0 Å². The van der Waals surface area contributed by atoms with Crippen LogP contribution in [0, 0.1) is 0 Å². The first-order valence-corrected chi connectivity index (χ1v) is 9.89. The van der Waals surface area contributed by atoms with Crippen molar-refractivity contribution in [3.8, 4) is 22.8 Å². The molecule has 0 radical (unpaired) electrons. The first kappa shape index (κ1) is 20.3. The number of fused-ring (bicyclic) bond motifs is 1. The molecule has 4 rings (SSSR count). The molecule has 0 bridgehead atoms. The Morgan fingerprint density at radius 2 is 1.71 bits per heavy atom. The third-order valence-electron chi connectivity index (χ3n) is 4.76. The quantitative estimate of drug-likeness (QED) is 0.360. The molecule has 1 aromatic heterocycles. The minimum Gasteiger partial charge on any atom is -0.497 e. The molecule has 5 nitrogen and oxygen atoms in total. The van der Waals surface area contributed by atoms with E-state index in [-0.39, 0.29) is 5.91 Å². The number of methoxy groups -OCH3 is 1. The van der Waals surface area contributed by atoms with Crippen LogP contribution in [0.3, 0.4) is 0 Å². The van der Waals surface area contributed by atoms with Gasteiger partial charge in [0.25, 0.3) is 5.91 Å². The third kappa shape index (κ3) is 4.46. The number of carbonyl (C=O) groups excluding carboxylic acids is 1. The highest BCUT2D eigenvalue weighted by Crippen LogP contribution is 2.36. The first-order valence-electron chi connectivity index (χ1n) is 9.89. The summed E-state index contributed by atoms with van der Waals surface area (Å²) >= 11 is 0. The number of hydrogen-bond donors (Lipinski definition) is 1. The number of amides is 1. The van der Waals surface area contributed by atoms with Crippen LogP contribution in [0.5, 0.6) is 11.5 Å². The lowest BCUT2D eigenvalue weighted by atomic mass is 10.0. The van der Waals surface area contributed by atoms with Gasteiger partial charge in [-0.3, -0.25) is 4.79 Å². The van der Waals surface area contributed by atoms with Crippen molar-refractivity contribution in [3.05, 3.63) is 90.5 Å². The van der Waals surface area contributed by atoms with Crippen LogP contribution in [0.1, 0.15) is 17.3 Å². The number of benzene rings is 3. The Kier molecular flexibility index (Phi) is 5.76. The van der Waals surface area contributed by atoms with Gasteiger partial charge in [0.15, 0.2) is 0 Å². The zero-order chi connectivity index (χ0) is 21.8. The maximum atomic E-state index is 13.3. The van der Waals surface area contributed by atoms with Crippen LogP contribution in [-0.2, 0) is 0 Å². The number of para-hydroxylation sites is 1. The molecular weight excluding hydrogens is 390 g/mol. The maximum absolute atomic E-state index is 13.3. The van der Waals surface area contributed by atoms with Crippen molar-refractivity contribution in [1.29, 1.82) is 0 Å². The normalized spacial score (nSPS) is 10.6. The Bertz CT molecular complexity index is 1220. The SMILES string of the molecule is C=C(C)COc1ccc2oc(-c3ccc(OC)cc3)c(C(=O)Nc3ccccc3)c2c1. The van der Waals surface area contributed by atoms with Crippen LogP contribution in [-0.4, -0.2) is 19.6 Å². The smallest absolute Gasteiger partial charge is 0.260 e. The Labute approximate surface area is 180 Å². The predicted molar refractivity (Wildman–Crippen MR) is 123 cm³/mol. The van der Waals surface area contributed by atoms with Gasteiger partial charge in [0.2, 0.25) is 0 Å². The largest absolute Gasteiger partial charge is 0.497 e. The van der Waals surface area contributed by atoms with Gasteiger partial charge < -0.3 is 19.2 Å². The fourth-order valence-electron chi connectivity index (χ4n) is 3.26. The molecule has 0 saturated heterocycles. The number of nitrogens with one attached hydrogen (secondary N) is 1. The molecule has 0 saturated carbocycles. The minimum atomic E-state index is -0.257. The molecule has 156 valence electrons. The second-order valence-corrected chi connectivity index (χ2v) is 7.26. The van der Waals surface area contributed by atoms with Gasteiger partial charge >= 0.3 is 0 Å². The van der Waals surface area contributed by atoms with E-state index in [1.54, 1.807) is 7.11 Å². The highest BCUT2D eigenvalue weighted by atomic mass is 16.5. The molecule has 0 fully saturated rings. The Morgan fingerprint density at radius 1 is 1.00 bits per heavy atom. The first-order chi connectivity index (χ1) is 15.0. The number of ether oxygens (including phenoxy) is 2. The summed E-state index contributed by atoms with van der Waals surface area (Å²) in [6.07, 6.45) is 0. The Hall–Kier alpha value is -3.99. The van der Waals surface area contributed by atoms with Gasteiger partial charge in [0, 0.05) is 16.6 Å². The molecule has 1 amide bonds. The van der Waals surface area contributed by atoms with Crippen molar-refractivity contribution < 1.29 is 18.7 Å². The van der Waals surface area contributed by atoms with Gasteiger partial charge in [0.05, 0.1) is 12.7 Å². The summed E-state index contributed by atoms with van der Waals surface area (Å²) in [4.78, 5) is 13.3. The lowest BCUT2D eigenvalue weighted by molar-refractivity contribution is 0.102. The molecule has 0 aliphatic rings. The van der Waals surface area contributed by atoms with Crippen molar-refractivity contribution in [2.75, 3.05) is 19.0 Å². The number of furan rings is 1. The van der Waals surface area contributed by atoms with Crippen LogP contribution in [0.15, 0.2) is 89.4 Å². The molecule has 3 aromatic carbocycles. The van der Waals surface area contributed by atoms with Crippen LogP contribution in [0.4, 0.5) is 5.69 Å². The molecule has 5 heteroatoms. The lowest BCUT2D eigenvalue weighted by Gasteiger charge is -2.08. The summed E-state index contributed by atoms with van der Waals surface area (Å²) in [5.74, 6) is 1.60. The minimum absolute atomic E-state index is 0.257. The summed E-state index contributed by atoms with van der Waals surface area (Å²) in [5.41, 5.74) is 3.45. The summed E-state index contributed by atoms with van der Waals surface area (Å²) in [6.45, 7) is 6.17. The van der Waals surface area contributed by atoms with Gasteiger partial charge in [-0.15, -0.1) is 0 Å². The van der Waals surface area contributed by atoms with Crippen LogP contribution in [0.25, 0.3) is 22.3 Å². The summed E-state index contributed by atoms with van der Waals surface area (Å²) in [7, 11) is 1.61. The van der Waals surface area contributed by atoms with E-state index in [0.717, 1.165) is 16.9 Å². The monoisotopic (exact) mass is 413 g/mol. The Morgan fingerprint density at radius 3 is 2.39 bits per heavy atom. The van der Waals surface area contributed by atoms with Gasteiger partial charge in [-0.2, -0.15) is 0 Å². The van der Waals surface area contributed by atoms with E-state index in [0.29, 0.717) is 40.3 Å². The maximum Gasteiger partial charge on any atom is 0.260 e. The molecule has 0 atom stereocenters. The topological polar surface area (TPSA) is 60.7 Å². The zero-order valence-electron chi connectivity index (χ0n) is 17.5. The number of hydrogen-bond acceptors (Lipinski definition) is 4. The molecule has 1 N–H and O–H groups in total. The van der Waals surface area contributed by atoms with E-state index in [9.17, 15) is 4.79 Å². The van der Waals surface area contributed by atoms with E-state index in [1.807, 2.05) is 79.7 Å². The number of carbonyl (C=O) groups is 1. The second kappa shape index (κ2) is 8.79. The van der Waals surface area contributed by atoms with Gasteiger partial charge in [-0.05, 0) is 67.1 Å². The van der Waals surface area contributed by atoms with Gasteiger partial charge in [-0.25, -0.2) is 0 Å². The number of rotatable bonds is 7. The molecule has 0 spiro atoms. The molecule has 0 aliphatic carbocycles. The predicted octanol–water partition coefficient (Wildman–Crippen LogP) is 6.32. The van der Waals surface area contributed by atoms with Crippen molar-refractivity contribution in [2.45, 2.75) is 6.92 Å². The second-order valence-electron chi connectivity index (χ2n) is 7.26. The Balaban J connectivity index is 1.81. The molecular formula is C26H23NO4. The molecule has 0 aliphatic heterocycles. The fourth-order valence-corrected chi connectivity index (χ4v) is 3.26. The van der Waals surface area contributed by atoms with E-state index < -0.39 is 0 Å². The van der Waals surface area contributed by atoms with E-state index in [4.69, 9.17) is 13.9 Å². The van der Waals surface area contributed by atoms with E-state index in [2.05, 4.69) is 11.9 Å². The lowest BCUT2D eigenvalue weighted by Crippen LogP contribution is -2.12. The van der Waals surface area contributed by atoms with Crippen molar-refractivity contribution in [3.63, 3.8) is 0 Å². The van der Waals surface area contributed by atoms with Crippen LogP contribution in [0.2, 0.25) is 0 Å². The third-order valence-corrected chi connectivity index (χ3v) is 4.76. The highest BCUT2D eigenvalue weighted by Gasteiger charge is 2.23. The molecule has 0 unspecified atom stereocenters. The molecule has 4 aromatic rings. The van der Waals surface area contributed by atoms with Crippen LogP contribution < -0.4 is 14.8 Å².